The lowest BCUT2D eigenvalue weighted by Crippen LogP contribution is -2.46. The van der Waals surface area contributed by atoms with E-state index in [1.807, 2.05) is 60.7 Å². The molecule has 0 aliphatic heterocycles. The highest BCUT2D eigenvalue weighted by Gasteiger charge is 2.38. The van der Waals surface area contributed by atoms with Crippen LogP contribution in [-0.4, -0.2) is 32.9 Å². The molecule has 40 heavy (non-hydrogen) atoms. The molecular formula is C32H28ClN3O4. The molecule has 2 aliphatic carbocycles. The van der Waals surface area contributed by atoms with Gasteiger partial charge in [0, 0.05) is 23.4 Å². The predicted molar refractivity (Wildman–Crippen MR) is 155 cm³/mol. The fourth-order valence-electron chi connectivity index (χ4n) is 6.84. The highest BCUT2D eigenvalue weighted by molar-refractivity contribution is 6.37. The maximum Gasteiger partial charge on any atom is 0.264 e. The average molecular weight is 554 g/mol. The van der Waals surface area contributed by atoms with Gasteiger partial charge in [0.2, 0.25) is 5.91 Å². The highest BCUT2D eigenvalue weighted by Crippen LogP contribution is 2.46. The Hall–Kier alpha value is -3.94. The lowest BCUT2D eigenvalue weighted by Gasteiger charge is -2.33. The number of hydrogen-bond acceptors (Lipinski definition) is 5. The molecule has 5 aromatic rings. The number of fused-ring (bicyclic) bond motifs is 6. The molecule has 2 N–H and O–H groups in total. The first-order valence-electron chi connectivity index (χ1n) is 13.7. The third-order valence-electron chi connectivity index (χ3n) is 8.61. The summed E-state index contributed by atoms with van der Waals surface area (Å²) in [5, 5.41) is 20.3. The second-order valence-corrected chi connectivity index (χ2v) is 11.3. The molecule has 0 radical (unpaired) electrons. The molecule has 2 heterocycles. The Kier molecular flexibility index (Phi) is 6.02. The topological polar surface area (TPSA) is 97.4 Å². The molecule has 1 saturated carbocycles. The monoisotopic (exact) mass is 553 g/mol. The van der Waals surface area contributed by atoms with Gasteiger partial charge in [-0.2, -0.15) is 0 Å². The van der Waals surface area contributed by atoms with Crippen LogP contribution < -0.4 is 10.9 Å². The van der Waals surface area contributed by atoms with E-state index in [-0.39, 0.29) is 17.6 Å². The molecule has 202 valence electrons. The number of nitrogens with zero attached hydrogens (tertiary/aromatic N) is 2. The summed E-state index contributed by atoms with van der Waals surface area (Å²) in [4.78, 5) is 27.3. The Labute approximate surface area is 235 Å². The number of nitrogens with one attached hydrogen (secondary N) is 1. The summed E-state index contributed by atoms with van der Waals surface area (Å²) in [5.41, 5.74) is 5.03. The maximum atomic E-state index is 13.8. The van der Waals surface area contributed by atoms with Crippen molar-refractivity contribution in [3.05, 3.63) is 99.0 Å². The van der Waals surface area contributed by atoms with Crippen molar-refractivity contribution in [3.63, 3.8) is 0 Å². The van der Waals surface area contributed by atoms with Gasteiger partial charge >= 0.3 is 0 Å². The molecule has 1 amide bonds. The number of halogens is 1. The Bertz CT molecular complexity index is 1810. The van der Waals surface area contributed by atoms with E-state index in [0.29, 0.717) is 39.0 Å². The summed E-state index contributed by atoms with van der Waals surface area (Å²) >= 11 is 6.59. The van der Waals surface area contributed by atoms with Crippen LogP contribution in [-0.2, 0) is 4.79 Å². The van der Waals surface area contributed by atoms with Crippen molar-refractivity contribution >= 4 is 39.3 Å². The molecule has 0 spiro atoms. The summed E-state index contributed by atoms with van der Waals surface area (Å²) < 4.78 is 7.19. The van der Waals surface area contributed by atoms with E-state index in [4.69, 9.17) is 16.1 Å². The molecule has 2 aromatic heterocycles. The van der Waals surface area contributed by atoms with E-state index >= 15 is 0 Å². The van der Waals surface area contributed by atoms with Crippen molar-refractivity contribution in [2.75, 3.05) is 0 Å². The van der Waals surface area contributed by atoms with Crippen molar-refractivity contribution in [2.24, 2.45) is 0 Å². The fourth-order valence-corrected chi connectivity index (χ4v) is 7.10. The van der Waals surface area contributed by atoms with E-state index < -0.39 is 17.9 Å². The number of aromatic nitrogens is 2. The van der Waals surface area contributed by atoms with E-state index in [9.17, 15) is 14.7 Å². The van der Waals surface area contributed by atoms with E-state index in [0.717, 1.165) is 41.5 Å². The first-order valence-corrected chi connectivity index (χ1v) is 14.1. The number of carbonyl (C=O) groups excluding carboxylic acids is 1. The molecule has 0 bridgehead atoms. The van der Waals surface area contributed by atoms with E-state index in [2.05, 4.69) is 10.5 Å². The molecular weight excluding hydrogens is 526 g/mol. The van der Waals surface area contributed by atoms with Crippen LogP contribution in [0.2, 0.25) is 5.02 Å². The number of hydrogen-bond donors (Lipinski definition) is 2. The number of aryl methyl sites for hydroxylation is 1. The van der Waals surface area contributed by atoms with Gasteiger partial charge in [-0.15, -0.1) is 0 Å². The summed E-state index contributed by atoms with van der Waals surface area (Å²) in [5.74, 6) is -0.372. The zero-order valence-corrected chi connectivity index (χ0v) is 22.7. The Balaban J connectivity index is 1.19. The van der Waals surface area contributed by atoms with Gasteiger partial charge in [-0.05, 0) is 67.0 Å². The van der Waals surface area contributed by atoms with Crippen molar-refractivity contribution in [1.82, 2.24) is 15.0 Å². The van der Waals surface area contributed by atoms with E-state index in [1.165, 1.54) is 0 Å². The van der Waals surface area contributed by atoms with Gasteiger partial charge in [-0.1, -0.05) is 71.4 Å². The van der Waals surface area contributed by atoms with Gasteiger partial charge in [-0.25, -0.2) is 0 Å². The lowest BCUT2D eigenvalue weighted by molar-refractivity contribution is -0.131. The molecule has 0 saturated heterocycles. The van der Waals surface area contributed by atoms with Crippen LogP contribution in [0.1, 0.15) is 54.5 Å². The SMILES string of the molecule is Cc1onc2c1c(=O)n(C1CCCC(NC(=O)C(O)C3c4ccccc4-c4ccccc43)C1)c1cccc(Cl)c21. The molecule has 3 unspecified atom stereocenters. The van der Waals surface area contributed by atoms with Crippen LogP contribution in [0.4, 0.5) is 0 Å². The van der Waals surface area contributed by atoms with E-state index in [1.54, 1.807) is 17.6 Å². The van der Waals surface area contributed by atoms with Crippen LogP contribution in [0.25, 0.3) is 32.9 Å². The third kappa shape index (κ3) is 3.79. The largest absolute Gasteiger partial charge is 0.382 e. The second kappa shape index (κ2) is 9.61. The molecule has 3 atom stereocenters. The average Bonchev–Trinajstić information content (AvgIpc) is 3.51. The number of carbonyl (C=O) groups is 1. The standard InChI is InChI=1S/C32H28ClN3O4/c1-17-26-29(35-40-17)28-24(33)14-7-15-25(28)36(32(26)39)19-9-6-8-18(16-19)34-31(38)30(37)27-22-12-4-2-10-20(22)21-11-3-5-13-23(21)27/h2-5,7,10-15,18-19,27,30,37H,6,8-9,16H2,1H3,(H,34,38). The first kappa shape index (κ1) is 25.1. The number of aliphatic hydroxyl groups excluding tert-OH is 1. The minimum Gasteiger partial charge on any atom is -0.382 e. The Morgan fingerprint density at radius 3 is 2.45 bits per heavy atom. The fraction of sp³-hybridized carbons (Fsp3) is 0.281. The van der Waals surface area contributed by atoms with Gasteiger partial charge in [0.25, 0.3) is 5.56 Å². The van der Waals surface area contributed by atoms with Gasteiger partial charge in [0.1, 0.15) is 22.8 Å². The summed E-state index contributed by atoms with van der Waals surface area (Å²) in [7, 11) is 0. The quantitative estimate of drug-likeness (QED) is 0.290. The van der Waals surface area contributed by atoms with Gasteiger partial charge < -0.3 is 19.5 Å². The van der Waals surface area contributed by atoms with Crippen molar-refractivity contribution in [1.29, 1.82) is 0 Å². The molecule has 7 nitrogen and oxygen atoms in total. The van der Waals surface area contributed by atoms with Gasteiger partial charge in [0.05, 0.1) is 10.5 Å². The van der Waals surface area contributed by atoms with Crippen molar-refractivity contribution in [3.8, 4) is 11.1 Å². The zero-order chi connectivity index (χ0) is 27.5. The number of amides is 1. The van der Waals surface area contributed by atoms with Crippen molar-refractivity contribution in [2.45, 2.75) is 56.7 Å². The predicted octanol–water partition coefficient (Wildman–Crippen LogP) is 5.88. The van der Waals surface area contributed by atoms with Gasteiger partial charge in [0.15, 0.2) is 0 Å². The second-order valence-electron chi connectivity index (χ2n) is 10.9. The summed E-state index contributed by atoms with van der Waals surface area (Å²) in [6.45, 7) is 1.73. The first-order chi connectivity index (χ1) is 19.4. The van der Waals surface area contributed by atoms with Crippen molar-refractivity contribution < 1.29 is 14.4 Å². The lowest BCUT2D eigenvalue weighted by atomic mass is 9.88. The maximum absolute atomic E-state index is 13.8. The van der Waals surface area contributed by atoms with Crippen LogP contribution in [0.3, 0.4) is 0 Å². The number of rotatable bonds is 4. The van der Waals surface area contributed by atoms with Gasteiger partial charge in [-0.3, -0.25) is 9.59 Å². The smallest absolute Gasteiger partial charge is 0.264 e. The number of pyridine rings is 1. The zero-order valence-electron chi connectivity index (χ0n) is 21.9. The highest BCUT2D eigenvalue weighted by atomic mass is 35.5. The molecule has 1 fully saturated rings. The van der Waals surface area contributed by atoms with Crippen LogP contribution >= 0.6 is 11.6 Å². The van der Waals surface area contributed by atoms with Crippen LogP contribution in [0.5, 0.6) is 0 Å². The number of benzene rings is 3. The number of aliphatic hydroxyl groups is 1. The minimum absolute atomic E-state index is 0.156. The molecule has 8 heteroatoms. The summed E-state index contributed by atoms with van der Waals surface area (Å²) in [6, 6.07) is 21.0. The third-order valence-corrected chi connectivity index (χ3v) is 8.92. The van der Waals surface area contributed by atoms with Crippen LogP contribution in [0.15, 0.2) is 76.0 Å². The molecule has 3 aromatic carbocycles. The normalized spacial score (nSPS) is 19.5. The Morgan fingerprint density at radius 1 is 1.02 bits per heavy atom. The molecule has 7 rings (SSSR count). The Morgan fingerprint density at radius 2 is 1.73 bits per heavy atom. The summed E-state index contributed by atoms with van der Waals surface area (Å²) in [6.07, 6.45) is 1.72. The van der Waals surface area contributed by atoms with Crippen LogP contribution in [0, 0.1) is 6.92 Å². The minimum atomic E-state index is -1.23. The molecule has 2 aliphatic rings.